The van der Waals surface area contributed by atoms with Gasteiger partial charge in [0.2, 0.25) is 5.91 Å². The van der Waals surface area contributed by atoms with Crippen LogP contribution < -0.4 is 0 Å². The van der Waals surface area contributed by atoms with E-state index in [4.69, 9.17) is 0 Å². The topological polar surface area (TPSA) is 37.4 Å². The van der Waals surface area contributed by atoms with Crippen molar-refractivity contribution < 1.29 is 9.59 Å². The fourth-order valence-corrected chi connectivity index (χ4v) is 3.31. The third kappa shape index (κ3) is 3.73. The van der Waals surface area contributed by atoms with Crippen LogP contribution in [0.2, 0.25) is 0 Å². The summed E-state index contributed by atoms with van der Waals surface area (Å²) in [5.41, 5.74) is 3.02. The third-order valence-corrected chi connectivity index (χ3v) is 4.88. The van der Waals surface area contributed by atoms with Gasteiger partial charge in [-0.1, -0.05) is 54.6 Å². The van der Waals surface area contributed by atoms with Crippen molar-refractivity contribution in [1.29, 1.82) is 0 Å². The molecule has 1 saturated heterocycles. The summed E-state index contributed by atoms with van der Waals surface area (Å²) in [6, 6.07) is 17.5. The van der Waals surface area contributed by atoms with E-state index >= 15 is 0 Å². The van der Waals surface area contributed by atoms with Crippen LogP contribution >= 0.6 is 0 Å². The molecule has 1 fully saturated rings. The summed E-state index contributed by atoms with van der Waals surface area (Å²) in [7, 11) is 0. The van der Waals surface area contributed by atoms with Crippen LogP contribution in [0.5, 0.6) is 0 Å². The predicted molar refractivity (Wildman–Crippen MR) is 95.0 cm³/mol. The fraction of sp³-hybridized carbons (Fsp3) is 0.333. The minimum Gasteiger partial charge on any atom is -0.342 e. The van der Waals surface area contributed by atoms with E-state index in [1.54, 1.807) is 0 Å². The number of aryl methyl sites for hydroxylation is 1. The quantitative estimate of drug-likeness (QED) is 0.806. The van der Waals surface area contributed by atoms with Crippen LogP contribution in [0, 0.1) is 12.8 Å². The van der Waals surface area contributed by atoms with Gasteiger partial charge in [0.25, 0.3) is 0 Å². The summed E-state index contributed by atoms with van der Waals surface area (Å²) in [5, 5.41) is 0. The van der Waals surface area contributed by atoms with Crippen LogP contribution in [-0.2, 0) is 11.2 Å². The summed E-state index contributed by atoms with van der Waals surface area (Å²) >= 11 is 0. The van der Waals surface area contributed by atoms with E-state index in [9.17, 15) is 9.59 Å². The number of ketones is 1. The van der Waals surface area contributed by atoms with Gasteiger partial charge in [0, 0.05) is 24.6 Å². The molecule has 0 aromatic heterocycles. The second-order valence-electron chi connectivity index (χ2n) is 6.49. The van der Waals surface area contributed by atoms with Gasteiger partial charge in [-0.2, -0.15) is 0 Å². The smallest absolute Gasteiger partial charge is 0.226 e. The number of rotatable bonds is 4. The number of carbonyl (C=O) groups is 2. The maximum absolute atomic E-state index is 12.5. The molecule has 2 aromatic rings. The van der Waals surface area contributed by atoms with E-state index < -0.39 is 0 Å². The van der Waals surface area contributed by atoms with Crippen molar-refractivity contribution >= 4 is 11.7 Å². The zero-order valence-corrected chi connectivity index (χ0v) is 14.1. The molecule has 2 aromatic carbocycles. The van der Waals surface area contributed by atoms with Crippen molar-refractivity contribution in [2.75, 3.05) is 13.1 Å². The highest BCUT2D eigenvalue weighted by Crippen LogP contribution is 2.22. The van der Waals surface area contributed by atoms with Crippen molar-refractivity contribution in [1.82, 2.24) is 4.90 Å². The maximum Gasteiger partial charge on any atom is 0.226 e. The highest BCUT2D eigenvalue weighted by atomic mass is 16.2. The van der Waals surface area contributed by atoms with Crippen LogP contribution in [0.15, 0.2) is 54.6 Å². The minimum absolute atomic E-state index is 0.0370. The number of benzene rings is 2. The van der Waals surface area contributed by atoms with Crippen LogP contribution in [0.4, 0.5) is 0 Å². The lowest BCUT2D eigenvalue weighted by molar-refractivity contribution is -0.131. The van der Waals surface area contributed by atoms with Gasteiger partial charge in [0.05, 0.1) is 6.42 Å². The zero-order chi connectivity index (χ0) is 16.9. The number of hydrogen-bond acceptors (Lipinski definition) is 2. The Kier molecular flexibility index (Phi) is 5.09. The first-order valence-corrected chi connectivity index (χ1v) is 8.56. The minimum atomic E-state index is 0.0370. The SMILES string of the molecule is Cc1ccccc1CC(=O)N1CCC(C(=O)c2ccccc2)CC1. The average molecular weight is 321 g/mol. The Balaban J connectivity index is 1.56. The molecular weight excluding hydrogens is 298 g/mol. The van der Waals surface area contributed by atoms with E-state index in [1.165, 1.54) is 0 Å². The van der Waals surface area contributed by atoms with Crippen molar-refractivity contribution in [3.05, 3.63) is 71.3 Å². The van der Waals surface area contributed by atoms with Gasteiger partial charge >= 0.3 is 0 Å². The largest absolute Gasteiger partial charge is 0.342 e. The van der Waals surface area contributed by atoms with Crippen molar-refractivity contribution in [2.24, 2.45) is 5.92 Å². The molecule has 0 N–H and O–H groups in total. The summed E-state index contributed by atoms with van der Waals surface area (Å²) in [5.74, 6) is 0.409. The Morgan fingerprint density at radius 2 is 1.58 bits per heavy atom. The number of Topliss-reactive ketones (excluding diaryl/α,β-unsaturated/α-hetero) is 1. The van der Waals surface area contributed by atoms with Crippen LogP contribution in [0.3, 0.4) is 0 Å². The number of amides is 1. The highest BCUT2D eigenvalue weighted by molar-refractivity contribution is 5.98. The molecule has 1 aliphatic heterocycles. The van der Waals surface area contributed by atoms with E-state index in [2.05, 4.69) is 0 Å². The van der Waals surface area contributed by atoms with Crippen LogP contribution in [0.1, 0.15) is 34.3 Å². The molecule has 0 spiro atoms. The molecule has 24 heavy (non-hydrogen) atoms. The molecule has 124 valence electrons. The number of nitrogens with zero attached hydrogens (tertiary/aromatic N) is 1. The molecule has 0 bridgehead atoms. The fourth-order valence-electron chi connectivity index (χ4n) is 3.31. The molecule has 3 nitrogen and oxygen atoms in total. The Labute approximate surface area is 143 Å². The molecule has 1 amide bonds. The van der Waals surface area contributed by atoms with Gasteiger partial charge in [0.1, 0.15) is 0 Å². The van der Waals surface area contributed by atoms with Crippen molar-refractivity contribution in [3.63, 3.8) is 0 Å². The lowest BCUT2D eigenvalue weighted by Crippen LogP contribution is -2.41. The average Bonchev–Trinajstić information content (AvgIpc) is 2.64. The lowest BCUT2D eigenvalue weighted by Gasteiger charge is -2.31. The zero-order valence-electron chi connectivity index (χ0n) is 14.1. The standard InChI is InChI=1S/C21H23NO2/c1-16-7-5-6-10-19(16)15-20(23)22-13-11-18(12-14-22)21(24)17-8-3-2-4-9-17/h2-10,18H,11-15H2,1H3. The van der Waals surface area contributed by atoms with Gasteiger partial charge < -0.3 is 4.90 Å². The summed E-state index contributed by atoms with van der Waals surface area (Å²) in [6.07, 6.45) is 1.96. The Morgan fingerprint density at radius 3 is 2.25 bits per heavy atom. The van der Waals surface area contributed by atoms with Crippen molar-refractivity contribution in [3.8, 4) is 0 Å². The van der Waals surface area contributed by atoms with Gasteiger partial charge in [0.15, 0.2) is 5.78 Å². The maximum atomic E-state index is 12.5. The molecule has 1 aliphatic rings. The molecular formula is C21H23NO2. The van der Waals surface area contributed by atoms with E-state index in [0.29, 0.717) is 19.5 Å². The lowest BCUT2D eigenvalue weighted by atomic mass is 9.88. The van der Waals surface area contributed by atoms with Gasteiger partial charge in [-0.3, -0.25) is 9.59 Å². The molecule has 0 atom stereocenters. The van der Waals surface area contributed by atoms with E-state index in [-0.39, 0.29) is 17.6 Å². The number of likely N-dealkylation sites (tertiary alicyclic amines) is 1. The summed E-state index contributed by atoms with van der Waals surface area (Å²) in [4.78, 5) is 26.9. The molecule has 0 unspecified atom stereocenters. The molecule has 0 radical (unpaired) electrons. The first kappa shape index (κ1) is 16.4. The number of carbonyl (C=O) groups excluding carboxylic acids is 2. The summed E-state index contributed by atoms with van der Waals surface area (Å²) < 4.78 is 0. The molecule has 3 rings (SSSR count). The Bertz CT molecular complexity index is 716. The second-order valence-corrected chi connectivity index (χ2v) is 6.49. The summed E-state index contributed by atoms with van der Waals surface area (Å²) in [6.45, 7) is 3.38. The van der Waals surface area contributed by atoms with Gasteiger partial charge in [-0.25, -0.2) is 0 Å². The van der Waals surface area contributed by atoms with Crippen LogP contribution in [0.25, 0.3) is 0 Å². The molecule has 3 heteroatoms. The van der Waals surface area contributed by atoms with E-state index in [1.807, 2.05) is 66.4 Å². The number of piperidine rings is 1. The van der Waals surface area contributed by atoms with Crippen molar-refractivity contribution in [2.45, 2.75) is 26.2 Å². The third-order valence-electron chi connectivity index (χ3n) is 4.88. The Hall–Kier alpha value is -2.42. The predicted octanol–water partition coefficient (Wildman–Crippen LogP) is 3.66. The monoisotopic (exact) mass is 321 g/mol. The molecule has 0 aliphatic carbocycles. The highest BCUT2D eigenvalue weighted by Gasteiger charge is 2.27. The van der Waals surface area contributed by atoms with Gasteiger partial charge in [-0.15, -0.1) is 0 Å². The first-order valence-electron chi connectivity index (χ1n) is 8.56. The van der Waals surface area contributed by atoms with Gasteiger partial charge in [-0.05, 0) is 30.9 Å². The van der Waals surface area contributed by atoms with Crippen LogP contribution in [-0.4, -0.2) is 29.7 Å². The number of hydrogen-bond donors (Lipinski definition) is 0. The molecule has 0 saturated carbocycles. The normalized spacial score (nSPS) is 15.3. The second kappa shape index (κ2) is 7.43. The van der Waals surface area contributed by atoms with E-state index in [0.717, 1.165) is 29.5 Å². The Morgan fingerprint density at radius 1 is 0.958 bits per heavy atom. The first-order chi connectivity index (χ1) is 11.6. The molecule has 1 heterocycles.